The molecule has 0 spiro atoms. The molecule has 4 heteroatoms. The van der Waals surface area contributed by atoms with E-state index in [4.69, 9.17) is 5.84 Å². The van der Waals surface area contributed by atoms with Gasteiger partial charge in [-0.2, -0.15) is 0 Å². The number of hydrazine groups is 1. The average Bonchev–Trinajstić information content (AvgIpc) is 2.20. The number of piperidine rings is 1. The topological polar surface area (TPSA) is 58.4 Å². The number of carbonyl (C=O) groups is 1. The molecule has 1 saturated heterocycles. The van der Waals surface area contributed by atoms with Crippen LogP contribution in [0.3, 0.4) is 0 Å². The summed E-state index contributed by atoms with van der Waals surface area (Å²) in [5, 5.41) is 0. The summed E-state index contributed by atoms with van der Waals surface area (Å²) in [5.41, 5.74) is 2.28. The normalized spacial score (nSPS) is 25.3. The highest BCUT2D eigenvalue weighted by Gasteiger charge is 2.32. The fraction of sp³-hybridized carbons (Fsp3) is 0.909. The summed E-state index contributed by atoms with van der Waals surface area (Å²) in [6.45, 7) is 7.35. The van der Waals surface area contributed by atoms with Gasteiger partial charge in [0.15, 0.2) is 0 Å². The van der Waals surface area contributed by atoms with E-state index >= 15 is 0 Å². The lowest BCUT2D eigenvalue weighted by Crippen LogP contribution is -2.55. The Morgan fingerprint density at radius 3 is 2.60 bits per heavy atom. The van der Waals surface area contributed by atoms with E-state index in [1.807, 2.05) is 0 Å². The minimum Gasteiger partial charge on any atom is -0.293 e. The van der Waals surface area contributed by atoms with Crippen molar-refractivity contribution in [1.82, 2.24) is 10.3 Å². The monoisotopic (exact) mass is 213 g/mol. The first-order valence-electron chi connectivity index (χ1n) is 5.84. The van der Waals surface area contributed by atoms with Gasteiger partial charge in [-0.25, -0.2) is 5.84 Å². The Labute approximate surface area is 92.2 Å². The molecule has 3 N–H and O–H groups in total. The largest absolute Gasteiger partial charge is 0.293 e. The molecule has 0 aromatic carbocycles. The van der Waals surface area contributed by atoms with E-state index in [0.29, 0.717) is 12.0 Å². The van der Waals surface area contributed by atoms with Crippen molar-refractivity contribution in [3.63, 3.8) is 0 Å². The number of rotatable bonds is 3. The minimum atomic E-state index is -0.0784. The number of nitrogens with two attached hydrogens (primary N) is 1. The van der Waals surface area contributed by atoms with E-state index in [2.05, 4.69) is 31.1 Å². The molecule has 0 bridgehead atoms. The molecule has 4 nitrogen and oxygen atoms in total. The van der Waals surface area contributed by atoms with E-state index < -0.39 is 0 Å². The fourth-order valence-electron chi connectivity index (χ4n) is 2.46. The molecule has 0 unspecified atom stereocenters. The van der Waals surface area contributed by atoms with Crippen molar-refractivity contribution < 1.29 is 4.79 Å². The van der Waals surface area contributed by atoms with Gasteiger partial charge < -0.3 is 0 Å². The van der Waals surface area contributed by atoms with Gasteiger partial charge >= 0.3 is 0 Å². The third-order valence-electron chi connectivity index (χ3n) is 3.25. The predicted molar refractivity (Wildman–Crippen MR) is 61.0 cm³/mol. The number of likely N-dealkylation sites (tertiary alicyclic amines) is 1. The molecule has 2 atom stereocenters. The predicted octanol–water partition coefficient (Wildman–Crippen LogP) is 0.875. The summed E-state index contributed by atoms with van der Waals surface area (Å²) < 4.78 is 0. The second kappa shape index (κ2) is 5.47. The van der Waals surface area contributed by atoms with Crippen molar-refractivity contribution in [2.75, 3.05) is 6.54 Å². The van der Waals surface area contributed by atoms with Gasteiger partial charge in [-0.1, -0.05) is 20.3 Å². The molecule has 0 aliphatic carbocycles. The summed E-state index contributed by atoms with van der Waals surface area (Å²) in [6, 6.07) is 0.411. The highest BCUT2D eigenvalue weighted by Crippen LogP contribution is 2.22. The first kappa shape index (κ1) is 12.5. The zero-order chi connectivity index (χ0) is 11.4. The summed E-state index contributed by atoms with van der Waals surface area (Å²) in [6.07, 6.45) is 3.64. The van der Waals surface area contributed by atoms with E-state index in [0.717, 1.165) is 6.54 Å². The second-order valence-corrected chi connectivity index (χ2v) is 4.78. The van der Waals surface area contributed by atoms with Gasteiger partial charge in [-0.3, -0.25) is 15.1 Å². The Balaban J connectivity index is 2.73. The Bertz CT molecular complexity index is 218. The standard InChI is InChI=1S/C11H23N3O/c1-8(2)10(11(15)13-12)14-7-5-4-6-9(14)3/h8-10H,4-7,12H2,1-3H3,(H,13,15)/t9-,10-/m1/s1. The van der Waals surface area contributed by atoms with Gasteiger partial charge in [0, 0.05) is 6.04 Å². The van der Waals surface area contributed by atoms with Crippen LogP contribution in [0.4, 0.5) is 0 Å². The summed E-state index contributed by atoms with van der Waals surface area (Å²) in [7, 11) is 0. The van der Waals surface area contributed by atoms with E-state index in [1.165, 1.54) is 19.3 Å². The number of hydrogen-bond acceptors (Lipinski definition) is 3. The molecule has 1 fully saturated rings. The van der Waals surface area contributed by atoms with Crippen LogP contribution in [-0.4, -0.2) is 29.4 Å². The second-order valence-electron chi connectivity index (χ2n) is 4.78. The number of hydrogen-bond donors (Lipinski definition) is 2. The first-order valence-corrected chi connectivity index (χ1v) is 5.84. The third kappa shape index (κ3) is 2.92. The zero-order valence-electron chi connectivity index (χ0n) is 9.99. The smallest absolute Gasteiger partial charge is 0.251 e. The van der Waals surface area contributed by atoms with Crippen LogP contribution in [0.15, 0.2) is 0 Å². The average molecular weight is 213 g/mol. The number of carbonyl (C=O) groups excluding carboxylic acids is 1. The van der Waals surface area contributed by atoms with Crippen molar-refractivity contribution in [2.24, 2.45) is 11.8 Å². The van der Waals surface area contributed by atoms with Crippen molar-refractivity contribution in [3.05, 3.63) is 0 Å². The van der Waals surface area contributed by atoms with Crippen molar-refractivity contribution in [2.45, 2.75) is 52.1 Å². The molecule has 0 aromatic heterocycles. The molecule has 1 rings (SSSR count). The van der Waals surface area contributed by atoms with E-state index in [1.54, 1.807) is 0 Å². The van der Waals surface area contributed by atoms with E-state index in [-0.39, 0.29) is 11.9 Å². The van der Waals surface area contributed by atoms with Crippen LogP contribution in [0.5, 0.6) is 0 Å². The van der Waals surface area contributed by atoms with Crippen LogP contribution < -0.4 is 11.3 Å². The quantitative estimate of drug-likeness (QED) is 0.415. The number of nitrogens with one attached hydrogen (secondary N) is 1. The van der Waals surface area contributed by atoms with Crippen molar-refractivity contribution >= 4 is 5.91 Å². The van der Waals surface area contributed by atoms with Crippen LogP contribution >= 0.6 is 0 Å². The zero-order valence-corrected chi connectivity index (χ0v) is 9.99. The molecule has 15 heavy (non-hydrogen) atoms. The Morgan fingerprint density at radius 1 is 1.47 bits per heavy atom. The van der Waals surface area contributed by atoms with Gasteiger partial charge in [0.25, 0.3) is 5.91 Å². The minimum absolute atomic E-state index is 0.0567. The summed E-state index contributed by atoms with van der Waals surface area (Å²) in [5.74, 6) is 5.48. The SMILES string of the molecule is CC(C)[C@H](C(=O)NN)N1CCCC[C@H]1C. The Kier molecular flexibility index (Phi) is 4.54. The van der Waals surface area contributed by atoms with Gasteiger partial charge in [-0.15, -0.1) is 0 Å². The first-order chi connectivity index (χ1) is 7.07. The van der Waals surface area contributed by atoms with Gasteiger partial charge in [0.1, 0.15) is 0 Å². The van der Waals surface area contributed by atoms with Crippen molar-refractivity contribution in [3.8, 4) is 0 Å². The van der Waals surface area contributed by atoms with Crippen LogP contribution in [0, 0.1) is 5.92 Å². The maximum atomic E-state index is 11.7. The number of nitrogens with zero attached hydrogens (tertiary/aromatic N) is 1. The molecular formula is C11H23N3O. The van der Waals surface area contributed by atoms with Crippen LogP contribution in [-0.2, 0) is 4.79 Å². The molecule has 1 heterocycles. The Morgan fingerprint density at radius 2 is 2.13 bits per heavy atom. The Hall–Kier alpha value is -0.610. The molecule has 0 saturated carbocycles. The molecular weight excluding hydrogens is 190 g/mol. The van der Waals surface area contributed by atoms with Crippen LogP contribution in [0.2, 0.25) is 0 Å². The molecule has 0 aromatic rings. The summed E-state index contributed by atoms with van der Waals surface area (Å²) in [4.78, 5) is 14.0. The molecule has 1 aliphatic rings. The van der Waals surface area contributed by atoms with Gasteiger partial charge in [-0.05, 0) is 32.2 Å². The third-order valence-corrected chi connectivity index (χ3v) is 3.25. The van der Waals surface area contributed by atoms with Crippen LogP contribution in [0.25, 0.3) is 0 Å². The lowest BCUT2D eigenvalue weighted by molar-refractivity contribution is -0.129. The summed E-state index contributed by atoms with van der Waals surface area (Å²) >= 11 is 0. The van der Waals surface area contributed by atoms with Gasteiger partial charge in [0.2, 0.25) is 0 Å². The lowest BCUT2D eigenvalue weighted by atomic mass is 9.95. The molecule has 1 amide bonds. The van der Waals surface area contributed by atoms with Crippen molar-refractivity contribution in [1.29, 1.82) is 0 Å². The molecule has 1 aliphatic heterocycles. The maximum absolute atomic E-state index is 11.7. The number of amides is 1. The lowest BCUT2D eigenvalue weighted by Gasteiger charge is -2.40. The van der Waals surface area contributed by atoms with Gasteiger partial charge in [0.05, 0.1) is 6.04 Å². The maximum Gasteiger partial charge on any atom is 0.251 e. The van der Waals surface area contributed by atoms with E-state index in [9.17, 15) is 4.79 Å². The van der Waals surface area contributed by atoms with Crippen LogP contribution in [0.1, 0.15) is 40.0 Å². The molecule has 0 radical (unpaired) electrons. The highest BCUT2D eigenvalue weighted by atomic mass is 16.2. The fourth-order valence-corrected chi connectivity index (χ4v) is 2.46. The molecule has 88 valence electrons. The highest BCUT2D eigenvalue weighted by molar-refractivity contribution is 5.81.